The molecule has 0 radical (unpaired) electrons. The summed E-state index contributed by atoms with van der Waals surface area (Å²) in [6.45, 7) is 5.13. The van der Waals surface area contributed by atoms with Gasteiger partial charge in [-0.2, -0.15) is 4.31 Å². The molecule has 0 aromatic heterocycles. The summed E-state index contributed by atoms with van der Waals surface area (Å²) in [5.41, 5.74) is 2.03. The fourth-order valence-electron chi connectivity index (χ4n) is 3.28. The monoisotopic (exact) mass is 420 g/mol. The number of carbonyl (C=O) groups is 1. The Morgan fingerprint density at radius 3 is 2.57 bits per heavy atom. The van der Waals surface area contributed by atoms with Gasteiger partial charge in [0.25, 0.3) is 0 Å². The molecule has 1 fully saturated rings. The summed E-state index contributed by atoms with van der Waals surface area (Å²) in [6, 6.07) is 11.8. The minimum atomic E-state index is -3.58. The van der Waals surface area contributed by atoms with E-state index in [1.54, 1.807) is 24.3 Å². The molecule has 7 heteroatoms. The predicted molar refractivity (Wildman–Crippen MR) is 113 cm³/mol. The van der Waals surface area contributed by atoms with E-state index in [0.29, 0.717) is 29.6 Å². The number of anilines is 1. The molecule has 1 heterocycles. The van der Waals surface area contributed by atoms with Crippen molar-refractivity contribution in [1.29, 1.82) is 0 Å². The van der Waals surface area contributed by atoms with E-state index in [9.17, 15) is 13.2 Å². The van der Waals surface area contributed by atoms with Gasteiger partial charge in [0.05, 0.1) is 11.4 Å². The third kappa shape index (κ3) is 4.57. The lowest BCUT2D eigenvalue weighted by molar-refractivity contribution is 0.101. The van der Waals surface area contributed by atoms with Gasteiger partial charge < -0.3 is 5.32 Å². The van der Waals surface area contributed by atoms with E-state index in [1.165, 1.54) is 10.4 Å². The Hall–Kier alpha value is -1.89. The highest BCUT2D eigenvalue weighted by Crippen LogP contribution is 2.25. The van der Waals surface area contributed by atoms with Gasteiger partial charge in [0.1, 0.15) is 0 Å². The van der Waals surface area contributed by atoms with Gasteiger partial charge in [-0.15, -0.1) is 0 Å². The highest BCUT2D eigenvalue weighted by Gasteiger charge is 2.28. The fourth-order valence-corrected chi connectivity index (χ4v) is 4.97. The molecule has 0 aliphatic carbocycles. The molecule has 0 saturated carbocycles. The molecule has 0 spiro atoms. The first kappa shape index (κ1) is 20.8. The zero-order valence-corrected chi connectivity index (χ0v) is 17.7. The van der Waals surface area contributed by atoms with Gasteiger partial charge in [0, 0.05) is 29.4 Å². The summed E-state index contributed by atoms with van der Waals surface area (Å²) >= 11 is 6.10. The number of rotatable bonds is 6. The second kappa shape index (κ2) is 8.64. The van der Waals surface area contributed by atoms with Crippen LogP contribution < -0.4 is 5.32 Å². The first-order valence-corrected chi connectivity index (χ1v) is 11.2. The van der Waals surface area contributed by atoms with E-state index in [1.807, 2.05) is 19.1 Å². The molecule has 3 rings (SSSR count). The van der Waals surface area contributed by atoms with Crippen LogP contribution in [0.1, 0.15) is 35.7 Å². The van der Waals surface area contributed by atoms with E-state index in [0.717, 1.165) is 24.1 Å². The average molecular weight is 421 g/mol. The Labute approximate surface area is 171 Å². The molecule has 1 N–H and O–H groups in total. The first-order valence-electron chi connectivity index (χ1n) is 9.41. The maximum Gasteiger partial charge on any atom is 0.243 e. The van der Waals surface area contributed by atoms with Crippen molar-refractivity contribution in [3.63, 3.8) is 0 Å². The summed E-state index contributed by atoms with van der Waals surface area (Å²) in [5, 5.41) is 3.71. The van der Waals surface area contributed by atoms with Crippen LogP contribution in [0.25, 0.3) is 0 Å². The van der Waals surface area contributed by atoms with Crippen molar-refractivity contribution in [2.45, 2.75) is 31.6 Å². The molecule has 28 heavy (non-hydrogen) atoms. The molecule has 5 nitrogen and oxygen atoms in total. The highest BCUT2D eigenvalue weighted by molar-refractivity contribution is 7.89. The number of nitrogens with one attached hydrogen (secondary N) is 1. The molecule has 0 unspecified atom stereocenters. The second-order valence-electron chi connectivity index (χ2n) is 7.30. The second-order valence-corrected chi connectivity index (χ2v) is 9.65. The molecule has 0 amide bonds. The summed E-state index contributed by atoms with van der Waals surface area (Å²) in [7, 11) is -3.58. The molecule has 1 saturated heterocycles. The first-order chi connectivity index (χ1) is 13.3. The minimum Gasteiger partial charge on any atom is -0.377 e. The van der Waals surface area contributed by atoms with Gasteiger partial charge in [-0.05, 0) is 55.5 Å². The average Bonchev–Trinajstić information content (AvgIpc) is 2.69. The molecule has 2 aromatic carbocycles. The lowest BCUT2D eigenvalue weighted by Gasteiger charge is -2.29. The number of halogens is 1. The van der Waals surface area contributed by atoms with Crippen molar-refractivity contribution in [3.8, 4) is 0 Å². The normalized spacial score (nSPS) is 16.1. The van der Waals surface area contributed by atoms with Gasteiger partial charge in [-0.1, -0.05) is 36.7 Å². The maximum atomic E-state index is 12.9. The number of sulfonamides is 1. The lowest BCUT2D eigenvalue weighted by Crippen LogP contribution is -2.37. The number of ketones is 1. The van der Waals surface area contributed by atoms with Gasteiger partial charge in [-0.3, -0.25) is 4.79 Å². The van der Waals surface area contributed by atoms with Crippen LogP contribution in [0, 0.1) is 12.8 Å². The summed E-state index contributed by atoms with van der Waals surface area (Å²) in [4.78, 5) is 12.8. The predicted octanol–water partition coefficient (Wildman–Crippen LogP) is 4.36. The standard InChI is InChI=1S/C21H25ClN2O3S/c1-15-9-11-24(12-10-15)28(26,27)18-6-3-5-17(13-18)21(25)14-23-20-8-4-7-19(22)16(20)2/h3-8,13,15,23H,9-12,14H2,1-2H3. The van der Waals surface area contributed by atoms with Gasteiger partial charge in [0.15, 0.2) is 5.78 Å². The molecule has 1 aliphatic rings. The Balaban J connectivity index is 1.73. The summed E-state index contributed by atoms with van der Waals surface area (Å²) in [6.07, 6.45) is 1.72. The molecule has 1 aliphatic heterocycles. The number of piperidine rings is 1. The van der Waals surface area contributed by atoms with Crippen molar-refractivity contribution in [3.05, 3.63) is 58.6 Å². The summed E-state index contributed by atoms with van der Waals surface area (Å²) in [5.74, 6) is 0.365. The van der Waals surface area contributed by atoms with E-state index >= 15 is 0 Å². The smallest absolute Gasteiger partial charge is 0.243 e. The number of nitrogens with zero attached hydrogens (tertiary/aromatic N) is 1. The number of carbonyl (C=O) groups excluding carboxylic acids is 1. The third-order valence-electron chi connectivity index (χ3n) is 5.24. The molecule has 0 atom stereocenters. The highest BCUT2D eigenvalue weighted by atomic mass is 35.5. The minimum absolute atomic E-state index is 0.0614. The topological polar surface area (TPSA) is 66.5 Å². The van der Waals surface area contributed by atoms with Crippen LogP contribution in [0.3, 0.4) is 0 Å². The fraction of sp³-hybridized carbons (Fsp3) is 0.381. The van der Waals surface area contributed by atoms with Crippen LogP contribution in [0.5, 0.6) is 0 Å². The Kier molecular flexibility index (Phi) is 6.43. The number of benzene rings is 2. The van der Waals surface area contributed by atoms with Crippen molar-refractivity contribution in [2.75, 3.05) is 25.0 Å². The molecular weight excluding hydrogens is 396 g/mol. The van der Waals surface area contributed by atoms with Crippen LogP contribution in [-0.2, 0) is 10.0 Å². The number of hydrogen-bond donors (Lipinski definition) is 1. The van der Waals surface area contributed by atoms with E-state index < -0.39 is 10.0 Å². The SMILES string of the molecule is Cc1c(Cl)cccc1NCC(=O)c1cccc(S(=O)(=O)N2CCC(C)CC2)c1. The van der Waals surface area contributed by atoms with Crippen molar-refractivity contribution in [2.24, 2.45) is 5.92 Å². The maximum absolute atomic E-state index is 12.9. The van der Waals surface area contributed by atoms with E-state index in [-0.39, 0.29) is 17.2 Å². The largest absolute Gasteiger partial charge is 0.377 e. The Morgan fingerprint density at radius 1 is 1.18 bits per heavy atom. The van der Waals surface area contributed by atoms with Gasteiger partial charge in [0.2, 0.25) is 10.0 Å². The lowest BCUT2D eigenvalue weighted by atomic mass is 10.0. The molecule has 150 valence electrons. The molecular formula is C21H25ClN2O3S. The quantitative estimate of drug-likeness (QED) is 0.705. The van der Waals surface area contributed by atoms with Gasteiger partial charge >= 0.3 is 0 Å². The Bertz CT molecular complexity index is 967. The van der Waals surface area contributed by atoms with Crippen molar-refractivity contribution >= 4 is 33.1 Å². The van der Waals surface area contributed by atoms with Crippen molar-refractivity contribution in [1.82, 2.24) is 4.31 Å². The third-order valence-corrected chi connectivity index (χ3v) is 7.55. The van der Waals surface area contributed by atoms with E-state index in [4.69, 9.17) is 11.6 Å². The van der Waals surface area contributed by atoms with Crippen molar-refractivity contribution < 1.29 is 13.2 Å². The number of hydrogen-bond acceptors (Lipinski definition) is 4. The molecule has 2 aromatic rings. The molecule has 0 bridgehead atoms. The van der Waals surface area contributed by atoms with Crippen LogP contribution in [0.2, 0.25) is 5.02 Å². The van der Waals surface area contributed by atoms with Crippen LogP contribution in [0.4, 0.5) is 5.69 Å². The Morgan fingerprint density at radius 2 is 1.86 bits per heavy atom. The van der Waals surface area contributed by atoms with Crippen LogP contribution in [0.15, 0.2) is 47.4 Å². The van der Waals surface area contributed by atoms with Crippen LogP contribution >= 0.6 is 11.6 Å². The number of Topliss-reactive ketones (excluding diaryl/α,β-unsaturated/α-hetero) is 1. The van der Waals surface area contributed by atoms with Gasteiger partial charge in [-0.25, -0.2) is 8.42 Å². The van der Waals surface area contributed by atoms with Crippen LogP contribution in [-0.4, -0.2) is 38.1 Å². The zero-order valence-electron chi connectivity index (χ0n) is 16.1. The van der Waals surface area contributed by atoms with E-state index in [2.05, 4.69) is 12.2 Å². The zero-order chi connectivity index (χ0) is 20.3. The summed E-state index contributed by atoms with van der Waals surface area (Å²) < 4.78 is 27.3.